The van der Waals surface area contributed by atoms with Gasteiger partial charge < -0.3 is 14.5 Å². The van der Waals surface area contributed by atoms with Crippen molar-refractivity contribution in [2.45, 2.75) is 0 Å². The number of amides is 1. The lowest BCUT2D eigenvalue weighted by Gasteiger charge is -2.07. The molecule has 9 heteroatoms. The van der Waals surface area contributed by atoms with E-state index in [2.05, 4.69) is 5.32 Å². The summed E-state index contributed by atoms with van der Waals surface area (Å²) in [5.41, 5.74) is -1.26. The fraction of sp³-hybridized carbons (Fsp3) is 0.0556. The Kier molecular flexibility index (Phi) is 4.93. The van der Waals surface area contributed by atoms with Gasteiger partial charge in [0.1, 0.15) is 16.8 Å². The van der Waals surface area contributed by atoms with E-state index < -0.39 is 29.0 Å². The van der Waals surface area contributed by atoms with Crippen LogP contribution in [-0.2, 0) is 9.53 Å². The molecule has 0 saturated carbocycles. The molecular weight excluding hydrogens is 356 g/mol. The van der Waals surface area contributed by atoms with Crippen LogP contribution in [-0.4, -0.2) is 23.4 Å². The van der Waals surface area contributed by atoms with Crippen LogP contribution in [0.1, 0.15) is 10.4 Å². The van der Waals surface area contributed by atoms with Crippen molar-refractivity contribution >= 4 is 34.2 Å². The van der Waals surface area contributed by atoms with E-state index in [-0.39, 0.29) is 16.9 Å². The zero-order valence-electron chi connectivity index (χ0n) is 13.7. The van der Waals surface area contributed by atoms with Crippen LogP contribution >= 0.6 is 0 Å². The number of esters is 1. The number of nitrogens with one attached hydrogen (secondary N) is 1. The van der Waals surface area contributed by atoms with Gasteiger partial charge in [0.2, 0.25) is 0 Å². The number of fused-ring (bicyclic) bond motifs is 1. The topological polar surface area (TPSA) is 129 Å². The summed E-state index contributed by atoms with van der Waals surface area (Å²) < 4.78 is 9.84. The fourth-order valence-electron chi connectivity index (χ4n) is 2.34. The number of nitro benzene ring substituents is 1. The van der Waals surface area contributed by atoms with Gasteiger partial charge in [-0.2, -0.15) is 0 Å². The molecule has 9 nitrogen and oxygen atoms in total. The third-order valence-electron chi connectivity index (χ3n) is 3.57. The van der Waals surface area contributed by atoms with Gasteiger partial charge in [-0.3, -0.25) is 14.9 Å². The second-order valence-electron chi connectivity index (χ2n) is 5.38. The number of carbonyl (C=O) groups is 2. The molecule has 3 rings (SSSR count). The van der Waals surface area contributed by atoms with E-state index in [9.17, 15) is 24.5 Å². The van der Waals surface area contributed by atoms with Crippen molar-refractivity contribution in [3.8, 4) is 0 Å². The number of carbonyl (C=O) groups excluding carboxylic acids is 2. The number of anilines is 1. The van der Waals surface area contributed by atoms with E-state index in [0.717, 1.165) is 0 Å². The summed E-state index contributed by atoms with van der Waals surface area (Å²) in [6, 6.07) is 13.4. The minimum absolute atomic E-state index is 0.0335. The number of nitro groups is 1. The van der Waals surface area contributed by atoms with Crippen molar-refractivity contribution in [1.82, 2.24) is 0 Å². The van der Waals surface area contributed by atoms with Gasteiger partial charge >= 0.3 is 11.6 Å². The van der Waals surface area contributed by atoms with Crippen LogP contribution < -0.4 is 10.9 Å². The highest BCUT2D eigenvalue weighted by Crippen LogP contribution is 2.23. The third kappa shape index (κ3) is 3.98. The van der Waals surface area contributed by atoms with Crippen LogP contribution in [0.4, 0.5) is 11.4 Å². The zero-order valence-corrected chi connectivity index (χ0v) is 13.7. The molecule has 1 N–H and O–H groups in total. The van der Waals surface area contributed by atoms with Crippen molar-refractivity contribution in [2.75, 3.05) is 11.9 Å². The average molecular weight is 368 g/mol. The van der Waals surface area contributed by atoms with E-state index in [1.807, 2.05) is 0 Å². The summed E-state index contributed by atoms with van der Waals surface area (Å²) in [4.78, 5) is 46.1. The number of hydrogen-bond acceptors (Lipinski definition) is 7. The van der Waals surface area contributed by atoms with Gasteiger partial charge in [-0.15, -0.1) is 0 Å². The minimum atomic E-state index is -1.03. The molecule has 1 amide bonds. The summed E-state index contributed by atoms with van der Waals surface area (Å²) in [6.07, 6.45) is 0. The number of rotatable bonds is 5. The average Bonchev–Trinajstić information content (AvgIpc) is 2.65. The SMILES string of the molecule is O=C(COC(=O)c1cc2ccccc2oc1=O)Nc1ccccc1[N+](=O)[O-]. The quantitative estimate of drug-likeness (QED) is 0.317. The largest absolute Gasteiger partial charge is 0.452 e. The highest BCUT2D eigenvalue weighted by atomic mass is 16.6. The van der Waals surface area contributed by atoms with Gasteiger partial charge in [0.25, 0.3) is 11.6 Å². The summed E-state index contributed by atoms with van der Waals surface area (Å²) in [5, 5.41) is 13.7. The molecule has 3 aromatic rings. The Bertz CT molecular complexity index is 1100. The predicted octanol–water partition coefficient (Wildman–Crippen LogP) is 2.50. The molecule has 0 saturated heterocycles. The van der Waals surface area contributed by atoms with E-state index in [4.69, 9.17) is 9.15 Å². The van der Waals surface area contributed by atoms with E-state index in [0.29, 0.717) is 11.0 Å². The molecule has 0 bridgehead atoms. The van der Waals surface area contributed by atoms with E-state index in [1.165, 1.54) is 30.3 Å². The fourth-order valence-corrected chi connectivity index (χ4v) is 2.34. The molecule has 0 atom stereocenters. The monoisotopic (exact) mass is 368 g/mol. The Balaban J connectivity index is 1.69. The maximum Gasteiger partial charge on any atom is 0.351 e. The van der Waals surface area contributed by atoms with Gasteiger partial charge in [0, 0.05) is 11.5 Å². The molecular formula is C18H12N2O7. The molecule has 0 radical (unpaired) electrons. The van der Waals surface area contributed by atoms with Crippen molar-refractivity contribution in [1.29, 1.82) is 0 Å². The lowest BCUT2D eigenvalue weighted by molar-refractivity contribution is -0.383. The first-order valence-electron chi connectivity index (χ1n) is 7.69. The normalized spacial score (nSPS) is 10.4. The summed E-state index contributed by atoms with van der Waals surface area (Å²) in [6.45, 7) is -0.725. The summed E-state index contributed by atoms with van der Waals surface area (Å²) in [7, 11) is 0. The van der Waals surface area contributed by atoms with E-state index in [1.54, 1.807) is 24.3 Å². The Morgan fingerprint density at radius 2 is 1.81 bits per heavy atom. The Hall–Kier alpha value is -4.01. The molecule has 0 aliphatic rings. The van der Waals surface area contributed by atoms with Crippen LogP contribution in [0.5, 0.6) is 0 Å². The highest BCUT2D eigenvalue weighted by Gasteiger charge is 2.18. The van der Waals surface area contributed by atoms with Gasteiger partial charge in [-0.1, -0.05) is 30.3 Å². The smallest absolute Gasteiger partial charge is 0.351 e. The molecule has 0 spiro atoms. The summed E-state index contributed by atoms with van der Waals surface area (Å²) in [5.74, 6) is -1.82. The minimum Gasteiger partial charge on any atom is -0.452 e. The number of nitrogens with zero attached hydrogens (tertiary/aromatic N) is 1. The molecule has 0 aliphatic carbocycles. The van der Waals surface area contributed by atoms with Crippen LogP contribution in [0.25, 0.3) is 11.0 Å². The number of hydrogen-bond donors (Lipinski definition) is 1. The first-order chi connectivity index (χ1) is 13.0. The van der Waals surface area contributed by atoms with Crippen LogP contribution in [0, 0.1) is 10.1 Å². The van der Waals surface area contributed by atoms with Crippen molar-refractivity contribution in [2.24, 2.45) is 0 Å². The molecule has 0 aliphatic heterocycles. The van der Waals surface area contributed by atoms with E-state index >= 15 is 0 Å². The van der Waals surface area contributed by atoms with Gasteiger partial charge in [-0.25, -0.2) is 9.59 Å². The molecule has 1 aromatic heterocycles. The van der Waals surface area contributed by atoms with Gasteiger partial charge in [0.05, 0.1) is 4.92 Å². The van der Waals surface area contributed by atoms with Crippen molar-refractivity contribution < 1.29 is 23.7 Å². The van der Waals surface area contributed by atoms with Gasteiger partial charge in [-0.05, 0) is 18.2 Å². The van der Waals surface area contributed by atoms with Crippen LogP contribution in [0.15, 0.2) is 63.8 Å². The zero-order chi connectivity index (χ0) is 19.4. The number of para-hydroxylation sites is 3. The maximum absolute atomic E-state index is 12.1. The summed E-state index contributed by atoms with van der Waals surface area (Å²) >= 11 is 0. The van der Waals surface area contributed by atoms with Crippen LogP contribution in [0.3, 0.4) is 0 Å². The first kappa shape index (κ1) is 17.8. The number of ether oxygens (including phenoxy) is 1. The lowest BCUT2D eigenvalue weighted by Crippen LogP contribution is -2.23. The lowest BCUT2D eigenvalue weighted by atomic mass is 10.2. The van der Waals surface area contributed by atoms with Crippen LogP contribution in [0.2, 0.25) is 0 Å². The highest BCUT2D eigenvalue weighted by molar-refractivity contribution is 5.97. The van der Waals surface area contributed by atoms with Gasteiger partial charge in [0.15, 0.2) is 6.61 Å². The molecule has 136 valence electrons. The second kappa shape index (κ2) is 7.48. The molecule has 2 aromatic carbocycles. The third-order valence-corrected chi connectivity index (χ3v) is 3.57. The Labute approximate surface area is 151 Å². The molecule has 0 unspecified atom stereocenters. The maximum atomic E-state index is 12.1. The number of benzene rings is 2. The van der Waals surface area contributed by atoms with Crippen molar-refractivity contribution in [3.05, 3.63) is 80.7 Å². The second-order valence-corrected chi connectivity index (χ2v) is 5.38. The Morgan fingerprint density at radius 3 is 2.59 bits per heavy atom. The first-order valence-corrected chi connectivity index (χ1v) is 7.69. The predicted molar refractivity (Wildman–Crippen MR) is 94.5 cm³/mol. The molecule has 0 fully saturated rings. The molecule has 27 heavy (non-hydrogen) atoms. The van der Waals surface area contributed by atoms with Crippen molar-refractivity contribution in [3.63, 3.8) is 0 Å². The molecule has 1 heterocycles. The standard InChI is InChI=1S/C18H12N2O7/c21-16(19-13-6-2-3-7-14(13)20(24)25)10-26-17(22)12-9-11-5-1-4-8-15(11)27-18(12)23/h1-9H,10H2,(H,19,21). The Morgan fingerprint density at radius 1 is 1.11 bits per heavy atom.